The van der Waals surface area contributed by atoms with Crippen molar-refractivity contribution in [2.24, 2.45) is 4.99 Å². The fraction of sp³-hybridized carbons (Fsp3) is 0.364. The summed E-state index contributed by atoms with van der Waals surface area (Å²) in [4.78, 5) is 15.7. The van der Waals surface area contributed by atoms with Crippen molar-refractivity contribution in [3.05, 3.63) is 24.3 Å². The maximum atomic E-state index is 10.2. The van der Waals surface area contributed by atoms with Gasteiger partial charge in [0.1, 0.15) is 18.0 Å². The molecular weight excluding hydrogens is 192 g/mol. The van der Waals surface area contributed by atoms with E-state index in [2.05, 4.69) is 4.99 Å². The minimum atomic E-state index is 0.520. The Bertz CT molecular complexity index is 357. The van der Waals surface area contributed by atoms with E-state index in [1.807, 2.05) is 25.1 Å². The van der Waals surface area contributed by atoms with E-state index in [1.54, 1.807) is 18.2 Å². The van der Waals surface area contributed by atoms with Gasteiger partial charge >= 0.3 is 0 Å². The van der Waals surface area contributed by atoms with Crippen LogP contribution in [0.1, 0.15) is 0 Å². The Labute approximate surface area is 89.2 Å². The lowest BCUT2D eigenvalue weighted by atomic mass is 10.3. The highest BCUT2D eigenvalue weighted by Gasteiger charge is 2.01. The zero-order valence-corrected chi connectivity index (χ0v) is 8.93. The lowest BCUT2D eigenvalue weighted by Gasteiger charge is -2.11. The molecule has 1 aromatic rings. The molecule has 0 aliphatic rings. The number of hydrogen-bond donors (Lipinski definition) is 0. The van der Waals surface area contributed by atoms with Gasteiger partial charge < -0.3 is 9.64 Å². The Morgan fingerprint density at radius 3 is 2.80 bits per heavy atom. The van der Waals surface area contributed by atoms with E-state index in [0.717, 1.165) is 6.54 Å². The number of carbonyl (C=O) groups excluding carboxylic acids is 1. The van der Waals surface area contributed by atoms with Gasteiger partial charge in [0.2, 0.25) is 6.08 Å². The molecule has 0 saturated carbocycles. The maximum Gasteiger partial charge on any atom is 0.240 e. The number of aliphatic imine (C=N–C) groups is 1. The summed E-state index contributed by atoms with van der Waals surface area (Å²) < 4.78 is 5.49. The van der Waals surface area contributed by atoms with Gasteiger partial charge in [0.15, 0.2) is 0 Å². The molecule has 0 radical (unpaired) electrons. The predicted molar refractivity (Wildman–Crippen MR) is 58.3 cm³/mol. The lowest BCUT2D eigenvalue weighted by molar-refractivity contribution is 0.262. The summed E-state index contributed by atoms with van der Waals surface area (Å²) >= 11 is 0. The van der Waals surface area contributed by atoms with Gasteiger partial charge in [0.25, 0.3) is 0 Å². The number of benzene rings is 1. The summed E-state index contributed by atoms with van der Waals surface area (Å²) in [6, 6.07) is 7.14. The van der Waals surface area contributed by atoms with Crippen molar-refractivity contribution in [2.75, 3.05) is 27.2 Å². The molecule has 0 heterocycles. The van der Waals surface area contributed by atoms with Crippen molar-refractivity contribution < 1.29 is 9.53 Å². The number of nitrogens with zero attached hydrogens (tertiary/aromatic N) is 2. The van der Waals surface area contributed by atoms with E-state index in [0.29, 0.717) is 18.0 Å². The van der Waals surface area contributed by atoms with Gasteiger partial charge in [-0.15, -0.1) is 0 Å². The average Bonchev–Trinajstić information content (AvgIpc) is 2.20. The second kappa shape index (κ2) is 5.96. The number of rotatable bonds is 5. The molecule has 0 aliphatic carbocycles. The van der Waals surface area contributed by atoms with Crippen LogP contribution >= 0.6 is 0 Å². The third-order valence-electron chi connectivity index (χ3n) is 1.83. The Hall–Kier alpha value is -1.64. The summed E-state index contributed by atoms with van der Waals surface area (Å²) in [5, 5.41) is 0. The van der Waals surface area contributed by atoms with E-state index in [-0.39, 0.29) is 0 Å². The number of para-hydroxylation sites is 2. The first-order valence-corrected chi connectivity index (χ1v) is 4.68. The molecular formula is C11H14N2O2. The monoisotopic (exact) mass is 206 g/mol. The molecule has 4 heteroatoms. The van der Waals surface area contributed by atoms with Crippen LogP contribution in [0.3, 0.4) is 0 Å². The molecule has 0 N–H and O–H groups in total. The molecule has 0 amide bonds. The van der Waals surface area contributed by atoms with E-state index in [4.69, 9.17) is 4.74 Å². The van der Waals surface area contributed by atoms with Crippen LogP contribution in [0.2, 0.25) is 0 Å². The van der Waals surface area contributed by atoms with Crippen LogP contribution in [0.15, 0.2) is 29.3 Å². The molecule has 1 aromatic carbocycles. The van der Waals surface area contributed by atoms with Gasteiger partial charge in [0.05, 0.1) is 0 Å². The maximum absolute atomic E-state index is 10.2. The van der Waals surface area contributed by atoms with Gasteiger partial charge in [-0.2, -0.15) is 4.99 Å². The number of isocyanates is 1. The van der Waals surface area contributed by atoms with Crippen molar-refractivity contribution in [1.29, 1.82) is 0 Å². The molecule has 0 atom stereocenters. The first kappa shape index (κ1) is 11.4. The van der Waals surface area contributed by atoms with E-state index in [1.165, 1.54) is 6.08 Å². The van der Waals surface area contributed by atoms with E-state index >= 15 is 0 Å². The standard InChI is InChI=1S/C11H14N2O2/c1-13(2)7-8-15-11-6-4-3-5-10(11)12-9-14/h3-6H,7-8H2,1-2H3. The molecule has 0 unspecified atom stereocenters. The van der Waals surface area contributed by atoms with Gasteiger partial charge in [-0.05, 0) is 26.2 Å². The fourth-order valence-electron chi connectivity index (χ4n) is 1.06. The van der Waals surface area contributed by atoms with Crippen LogP contribution in [0, 0.1) is 0 Å². The van der Waals surface area contributed by atoms with Crippen LogP contribution in [0.4, 0.5) is 5.69 Å². The predicted octanol–water partition coefficient (Wildman–Crippen LogP) is 1.59. The van der Waals surface area contributed by atoms with Gasteiger partial charge in [-0.25, -0.2) is 4.79 Å². The molecule has 0 bridgehead atoms. The van der Waals surface area contributed by atoms with Gasteiger partial charge in [0, 0.05) is 6.54 Å². The smallest absolute Gasteiger partial charge is 0.240 e. The number of ether oxygens (including phenoxy) is 1. The highest BCUT2D eigenvalue weighted by Crippen LogP contribution is 2.25. The molecule has 0 aromatic heterocycles. The van der Waals surface area contributed by atoms with Crippen LogP contribution in [-0.2, 0) is 4.79 Å². The van der Waals surface area contributed by atoms with Crippen molar-refractivity contribution in [2.45, 2.75) is 0 Å². The molecule has 4 nitrogen and oxygen atoms in total. The van der Waals surface area contributed by atoms with Gasteiger partial charge in [-0.1, -0.05) is 12.1 Å². The third kappa shape index (κ3) is 3.94. The summed E-state index contributed by atoms with van der Waals surface area (Å²) in [7, 11) is 3.94. The Morgan fingerprint density at radius 2 is 2.13 bits per heavy atom. The summed E-state index contributed by atoms with van der Waals surface area (Å²) in [6.07, 6.45) is 1.51. The highest BCUT2D eigenvalue weighted by molar-refractivity contribution is 5.57. The quantitative estimate of drug-likeness (QED) is 0.542. The zero-order valence-electron chi connectivity index (χ0n) is 8.93. The molecule has 80 valence electrons. The highest BCUT2D eigenvalue weighted by atomic mass is 16.5. The Balaban J connectivity index is 2.63. The summed E-state index contributed by atoms with van der Waals surface area (Å²) in [5.74, 6) is 0.614. The van der Waals surface area contributed by atoms with E-state index in [9.17, 15) is 4.79 Å². The summed E-state index contributed by atoms with van der Waals surface area (Å²) in [5.41, 5.74) is 0.520. The molecule has 0 fully saturated rings. The van der Waals surface area contributed by atoms with Gasteiger partial charge in [-0.3, -0.25) is 0 Å². The molecule has 0 saturated heterocycles. The number of hydrogen-bond acceptors (Lipinski definition) is 4. The van der Waals surface area contributed by atoms with Crippen LogP contribution in [0.5, 0.6) is 5.75 Å². The van der Waals surface area contributed by atoms with Crippen molar-refractivity contribution >= 4 is 11.8 Å². The molecule has 1 rings (SSSR count). The second-order valence-corrected chi connectivity index (χ2v) is 3.32. The van der Waals surface area contributed by atoms with Crippen LogP contribution < -0.4 is 4.74 Å². The fourth-order valence-corrected chi connectivity index (χ4v) is 1.06. The third-order valence-corrected chi connectivity index (χ3v) is 1.83. The minimum Gasteiger partial charge on any atom is -0.490 e. The molecule has 0 spiro atoms. The Kier molecular flexibility index (Phi) is 4.54. The van der Waals surface area contributed by atoms with Crippen LogP contribution in [-0.4, -0.2) is 38.2 Å². The van der Waals surface area contributed by atoms with Crippen molar-refractivity contribution in [3.63, 3.8) is 0 Å². The zero-order chi connectivity index (χ0) is 11.1. The molecule has 0 aliphatic heterocycles. The van der Waals surface area contributed by atoms with Crippen LogP contribution in [0.25, 0.3) is 0 Å². The van der Waals surface area contributed by atoms with Crippen molar-refractivity contribution in [3.8, 4) is 5.75 Å². The SMILES string of the molecule is CN(C)CCOc1ccccc1N=C=O. The topological polar surface area (TPSA) is 41.9 Å². The average molecular weight is 206 g/mol. The normalized spacial score (nSPS) is 9.80. The minimum absolute atomic E-state index is 0.520. The lowest BCUT2D eigenvalue weighted by Crippen LogP contribution is -2.19. The first-order chi connectivity index (χ1) is 7.24. The van der Waals surface area contributed by atoms with Crippen molar-refractivity contribution in [1.82, 2.24) is 4.90 Å². The Morgan fingerprint density at radius 1 is 1.40 bits per heavy atom. The van der Waals surface area contributed by atoms with E-state index < -0.39 is 0 Å². The second-order valence-electron chi connectivity index (χ2n) is 3.32. The first-order valence-electron chi connectivity index (χ1n) is 4.68. The number of likely N-dealkylation sites (N-methyl/N-ethyl adjacent to an activating group) is 1. The largest absolute Gasteiger partial charge is 0.490 e. The summed E-state index contributed by atoms with van der Waals surface area (Å²) in [6.45, 7) is 1.39. The molecule has 15 heavy (non-hydrogen) atoms.